The van der Waals surface area contributed by atoms with Gasteiger partial charge in [0.15, 0.2) is 11.5 Å². The molecule has 2 aliphatic carbocycles. The molecule has 0 atom stereocenters. The van der Waals surface area contributed by atoms with Crippen molar-refractivity contribution in [2.45, 2.75) is 68.9 Å². The maximum atomic E-state index is 11.2. The first-order valence-electron chi connectivity index (χ1n) is 9.53. The van der Waals surface area contributed by atoms with Crippen molar-refractivity contribution in [1.29, 1.82) is 5.26 Å². The Labute approximate surface area is 159 Å². The van der Waals surface area contributed by atoms with Gasteiger partial charge < -0.3 is 15.2 Å². The zero-order valence-electron chi connectivity index (χ0n) is 15.7. The lowest BCUT2D eigenvalue weighted by atomic mass is 9.69. The summed E-state index contributed by atoms with van der Waals surface area (Å²) in [5.41, 5.74) is 5.37. The van der Waals surface area contributed by atoms with E-state index >= 15 is 0 Å². The summed E-state index contributed by atoms with van der Waals surface area (Å²) in [4.78, 5) is 11.2. The highest BCUT2D eigenvalue weighted by molar-refractivity contribution is 5.70. The summed E-state index contributed by atoms with van der Waals surface area (Å²) in [7, 11) is 1.61. The van der Waals surface area contributed by atoms with E-state index in [0.29, 0.717) is 42.2 Å². The van der Waals surface area contributed by atoms with Gasteiger partial charge in [-0.3, -0.25) is 5.21 Å². The number of hydrogen-bond acceptors (Lipinski definition) is 5. The molecule has 2 fully saturated rings. The fourth-order valence-electron chi connectivity index (χ4n) is 4.24. The Morgan fingerprint density at radius 3 is 2.48 bits per heavy atom. The van der Waals surface area contributed by atoms with Crippen molar-refractivity contribution in [3.8, 4) is 17.6 Å². The van der Waals surface area contributed by atoms with Crippen LogP contribution in [0.3, 0.4) is 0 Å². The third kappa shape index (κ3) is 3.96. The van der Waals surface area contributed by atoms with Crippen LogP contribution < -0.4 is 15.2 Å². The van der Waals surface area contributed by atoms with Crippen LogP contribution in [0.5, 0.6) is 11.5 Å². The van der Waals surface area contributed by atoms with Crippen LogP contribution >= 0.6 is 0 Å². The maximum Gasteiger partial charge on any atom is 0.338 e. The normalized spacial score (nSPS) is 25.6. The molecular formula is C20H27N3O4. The lowest BCUT2D eigenvalue weighted by molar-refractivity contribution is -0.0870. The molecule has 0 unspecified atom stereocenters. The lowest BCUT2D eigenvalue weighted by Crippen LogP contribution is -2.45. The van der Waals surface area contributed by atoms with Gasteiger partial charge in [-0.2, -0.15) is 5.26 Å². The highest BCUT2D eigenvalue weighted by Crippen LogP contribution is 2.43. The highest BCUT2D eigenvalue weighted by atomic mass is 16.5. The maximum absolute atomic E-state index is 11.2. The van der Waals surface area contributed by atoms with E-state index in [0.717, 1.165) is 18.4 Å². The standard InChI is InChI=1S/C20H27N3O4/c1-26-17-7-6-14(12-18(17)27-16-4-2-3-5-16)20(13-21)10-8-15(9-11-20)23(25)19(22)24/h6-7,12,15-16,25H,2-5,8-11H2,1H3,(H2,22,24)/t15-,20+. The van der Waals surface area contributed by atoms with E-state index in [4.69, 9.17) is 15.2 Å². The molecule has 1 aromatic carbocycles. The number of amides is 2. The summed E-state index contributed by atoms with van der Waals surface area (Å²) < 4.78 is 11.6. The Balaban J connectivity index is 1.81. The van der Waals surface area contributed by atoms with Crippen LogP contribution in [0.1, 0.15) is 56.9 Å². The number of rotatable bonds is 5. The monoisotopic (exact) mass is 373 g/mol. The Hall–Kier alpha value is -2.46. The molecule has 0 heterocycles. The first kappa shape index (κ1) is 19.3. The van der Waals surface area contributed by atoms with Crippen molar-refractivity contribution in [2.75, 3.05) is 7.11 Å². The van der Waals surface area contributed by atoms with E-state index < -0.39 is 11.4 Å². The summed E-state index contributed by atoms with van der Waals surface area (Å²) in [5.74, 6) is 1.35. The van der Waals surface area contributed by atoms with Gasteiger partial charge >= 0.3 is 6.03 Å². The van der Waals surface area contributed by atoms with Gasteiger partial charge in [0, 0.05) is 0 Å². The van der Waals surface area contributed by atoms with Crippen LogP contribution in [0, 0.1) is 11.3 Å². The van der Waals surface area contributed by atoms with Crippen LogP contribution in [0.2, 0.25) is 0 Å². The molecule has 0 aromatic heterocycles. The fourth-order valence-corrected chi connectivity index (χ4v) is 4.24. The number of carbonyl (C=O) groups is 1. The number of hydroxylamine groups is 2. The van der Waals surface area contributed by atoms with Gasteiger partial charge in [0.1, 0.15) is 0 Å². The van der Waals surface area contributed by atoms with E-state index in [1.54, 1.807) is 7.11 Å². The molecule has 7 heteroatoms. The lowest BCUT2D eigenvalue weighted by Gasteiger charge is -2.37. The predicted molar refractivity (Wildman–Crippen MR) is 98.6 cm³/mol. The van der Waals surface area contributed by atoms with Crippen molar-refractivity contribution >= 4 is 6.03 Å². The Kier molecular flexibility index (Phi) is 5.76. The molecule has 3 N–H and O–H groups in total. The van der Waals surface area contributed by atoms with E-state index in [1.807, 2.05) is 18.2 Å². The van der Waals surface area contributed by atoms with Crippen molar-refractivity contribution in [1.82, 2.24) is 5.06 Å². The van der Waals surface area contributed by atoms with Crippen LogP contribution in [0.4, 0.5) is 4.79 Å². The zero-order valence-corrected chi connectivity index (χ0v) is 15.7. The number of benzene rings is 1. The number of primary amides is 1. The third-order valence-corrected chi connectivity index (χ3v) is 5.91. The van der Waals surface area contributed by atoms with Crippen molar-refractivity contribution in [3.05, 3.63) is 23.8 Å². The van der Waals surface area contributed by atoms with E-state index in [-0.39, 0.29) is 12.1 Å². The second-order valence-corrected chi connectivity index (χ2v) is 7.50. The van der Waals surface area contributed by atoms with E-state index in [2.05, 4.69) is 6.07 Å². The summed E-state index contributed by atoms with van der Waals surface area (Å²) >= 11 is 0. The second kappa shape index (κ2) is 8.05. The quantitative estimate of drug-likeness (QED) is 0.606. The van der Waals surface area contributed by atoms with Gasteiger partial charge in [-0.1, -0.05) is 6.07 Å². The molecule has 0 aliphatic heterocycles. The van der Waals surface area contributed by atoms with Gasteiger partial charge in [-0.05, 0) is 69.1 Å². The second-order valence-electron chi connectivity index (χ2n) is 7.50. The number of nitrogens with zero attached hydrogens (tertiary/aromatic N) is 2. The smallest absolute Gasteiger partial charge is 0.338 e. The number of urea groups is 1. The van der Waals surface area contributed by atoms with Crippen LogP contribution in [-0.2, 0) is 5.41 Å². The molecule has 1 aromatic rings. The SMILES string of the molecule is COc1ccc([C@]2(C#N)CC[C@H](N(O)C(N)=O)CC2)cc1OC1CCCC1. The Bertz CT molecular complexity index is 716. The molecule has 2 saturated carbocycles. The number of hydrogen-bond donors (Lipinski definition) is 2. The minimum atomic E-state index is -0.860. The zero-order chi connectivity index (χ0) is 19.4. The molecule has 0 saturated heterocycles. The highest BCUT2D eigenvalue weighted by Gasteiger charge is 2.40. The number of nitriles is 1. The topological polar surface area (TPSA) is 109 Å². The molecule has 2 amide bonds. The van der Waals surface area contributed by atoms with Gasteiger partial charge in [-0.25, -0.2) is 9.86 Å². The average molecular weight is 373 g/mol. The first-order valence-corrected chi connectivity index (χ1v) is 9.53. The van der Waals surface area contributed by atoms with Gasteiger partial charge in [0.2, 0.25) is 0 Å². The Morgan fingerprint density at radius 1 is 1.26 bits per heavy atom. The molecule has 7 nitrogen and oxygen atoms in total. The van der Waals surface area contributed by atoms with E-state index in [1.165, 1.54) is 12.8 Å². The first-order chi connectivity index (χ1) is 13.0. The number of nitrogens with two attached hydrogens (primary N) is 1. The van der Waals surface area contributed by atoms with Gasteiger partial charge in [0.05, 0.1) is 30.7 Å². The fraction of sp³-hybridized carbons (Fsp3) is 0.600. The average Bonchev–Trinajstić information content (AvgIpc) is 3.20. The minimum absolute atomic E-state index is 0.196. The molecule has 2 aliphatic rings. The largest absolute Gasteiger partial charge is 0.493 e. The van der Waals surface area contributed by atoms with Crippen LogP contribution in [0.25, 0.3) is 0 Å². The number of methoxy groups -OCH3 is 1. The van der Waals surface area contributed by atoms with Crippen molar-refractivity contribution in [2.24, 2.45) is 5.73 Å². The van der Waals surface area contributed by atoms with Crippen LogP contribution in [0.15, 0.2) is 18.2 Å². The minimum Gasteiger partial charge on any atom is -0.493 e. The van der Waals surface area contributed by atoms with E-state index in [9.17, 15) is 15.3 Å². The molecule has 0 spiro atoms. The molecule has 146 valence electrons. The number of ether oxygens (including phenoxy) is 2. The number of carbonyl (C=O) groups excluding carboxylic acids is 1. The van der Waals surface area contributed by atoms with Crippen molar-refractivity contribution < 1.29 is 19.5 Å². The molecular weight excluding hydrogens is 346 g/mol. The Morgan fingerprint density at radius 2 is 1.93 bits per heavy atom. The summed E-state index contributed by atoms with van der Waals surface area (Å²) in [5, 5.41) is 20.3. The molecule has 27 heavy (non-hydrogen) atoms. The summed E-state index contributed by atoms with van der Waals surface area (Å²) in [6, 6.07) is 6.94. The van der Waals surface area contributed by atoms with Gasteiger partial charge in [-0.15, -0.1) is 0 Å². The predicted octanol–water partition coefficient (Wildman–Crippen LogP) is 3.49. The van der Waals surface area contributed by atoms with Crippen LogP contribution in [-0.4, -0.2) is 35.6 Å². The van der Waals surface area contributed by atoms with Gasteiger partial charge in [0.25, 0.3) is 0 Å². The summed E-state index contributed by atoms with van der Waals surface area (Å²) in [6.45, 7) is 0. The molecule has 3 rings (SSSR count). The summed E-state index contributed by atoms with van der Waals surface area (Å²) in [6.07, 6.45) is 6.72. The van der Waals surface area contributed by atoms with Crippen molar-refractivity contribution in [3.63, 3.8) is 0 Å². The molecule has 0 bridgehead atoms. The molecule has 0 radical (unpaired) electrons. The third-order valence-electron chi connectivity index (χ3n) is 5.91.